The number of rotatable bonds is 6. The molecule has 9 nitrogen and oxygen atoms in total. The van der Waals surface area contributed by atoms with Crippen LogP contribution in [0.2, 0.25) is 0 Å². The number of nitrogens with one attached hydrogen (secondary N) is 2. The quantitative estimate of drug-likeness (QED) is 0.491. The number of amides is 2. The number of halogens is 1. The summed E-state index contributed by atoms with van der Waals surface area (Å²) in [6.45, 7) is 7.38. The molecule has 0 unspecified atom stereocenters. The number of imidazole rings is 1. The predicted octanol–water partition coefficient (Wildman–Crippen LogP) is 3.42. The molecular weight excluding hydrogens is 511 g/mol. The molecule has 1 saturated carbocycles. The van der Waals surface area contributed by atoms with E-state index in [4.69, 9.17) is 9.72 Å². The molecule has 0 spiro atoms. The number of nitrogens with zero attached hydrogens (tertiary/aromatic N) is 4. The Balaban J connectivity index is 1.26. The number of carbonyl (C=O) groups is 2. The third-order valence-corrected chi connectivity index (χ3v) is 8.44. The van der Waals surface area contributed by atoms with Gasteiger partial charge in [0.15, 0.2) is 0 Å². The van der Waals surface area contributed by atoms with Gasteiger partial charge in [-0.2, -0.15) is 0 Å². The number of hydrogen-bond acceptors (Lipinski definition) is 6. The van der Waals surface area contributed by atoms with Crippen LogP contribution in [0.1, 0.15) is 47.6 Å². The topological polar surface area (TPSA) is 91.7 Å². The van der Waals surface area contributed by atoms with E-state index in [1.54, 1.807) is 0 Å². The lowest BCUT2D eigenvalue weighted by atomic mass is 9.84. The van der Waals surface area contributed by atoms with Gasteiger partial charge >= 0.3 is 0 Å². The van der Waals surface area contributed by atoms with E-state index in [0.29, 0.717) is 11.5 Å². The van der Waals surface area contributed by atoms with Gasteiger partial charge in [-0.3, -0.25) is 19.8 Å². The van der Waals surface area contributed by atoms with E-state index in [1.807, 2.05) is 11.0 Å². The molecule has 6 rings (SSSR count). The number of fused-ring (bicyclic) bond motifs is 1. The fourth-order valence-corrected chi connectivity index (χ4v) is 6.21. The summed E-state index contributed by atoms with van der Waals surface area (Å²) >= 11 is 0. The number of aromatic nitrogens is 2. The van der Waals surface area contributed by atoms with E-state index in [-0.39, 0.29) is 29.6 Å². The van der Waals surface area contributed by atoms with E-state index < -0.39 is 0 Å². The van der Waals surface area contributed by atoms with Gasteiger partial charge in [0, 0.05) is 63.3 Å². The maximum Gasteiger partial charge on any atom is 0.257 e. The SMILES string of the molecule is O=C(Nc1nc2ccc(CN3CCOCC3)cc2n1C1CCC(C(=O)N2CCNCC2)CC1)c1ccc(F)cc1. The highest BCUT2D eigenvalue weighted by Gasteiger charge is 2.32. The van der Waals surface area contributed by atoms with Crippen molar-refractivity contribution in [3.63, 3.8) is 0 Å². The Labute approximate surface area is 233 Å². The molecule has 0 bridgehead atoms. The second kappa shape index (κ2) is 12.0. The van der Waals surface area contributed by atoms with Crippen molar-refractivity contribution >= 4 is 28.8 Å². The minimum Gasteiger partial charge on any atom is -0.379 e. The van der Waals surface area contributed by atoms with Crippen LogP contribution in [-0.2, 0) is 16.1 Å². The van der Waals surface area contributed by atoms with Crippen LogP contribution in [0.25, 0.3) is 11.0 Å². The van der Waals surface area contributed by atoms with Gasteiger partial charge in [-0.1, -0.05) is 6.07 Å². The van der Waals surface area contributed by atoms with Crippen molar-refractivity contribution in [2.75, 3.05) is 57.8 Å². The molecule has 2 N–H and O–H groups in total. The van der Waals surface area contributed by atoms with Crippen LogP contribution in [-0.4, -0.2) is 83.6 Å². The lowest BCUT2D eigenvalue weighted by Crippen LogP contribution is -2.48. The van der Waals surface area contributed by atoms with Gasteiger partial charge in [0.1, 0.15) is 5.82 Å². The van der Waals surface area contributed by atoms with E-state index in [2.05, 4.69) is 32.2 Å². The molecule has 2 saturated heterocycles. The summed E-state index contributed by atoms with van der Waals surface area (Å²) in [5.74, 6) is 0.0902. The van der Waals surface area contributed by atoms with Gasteiger partial charge in [0.25, 0.3) is 5.91 Å². The van der Waals surface area contributed by atoms with E-state index in [9.17, 15) is 14.0 Å². The maximum absolute atomic E-state index is 13.4. The van der Waals surface area contributed by atoms with E-state index in [0.717, 1.165) is 95.7 Å². The van der Waals surface area contributed by atoms with Crippen LogP contribution in [0.5, 0.6) is 0 Å². The van der Waals surface area contributed by atoms with Crippen LogP contribution in [0.4, 0.5) is 10.3 Å². The molecule has 3 aromatic rings. The minimum atomic E-state index is -0.385. The van der Waals surface area contributed by atoms with Gasteiger partial charge < -0.3 is 19.5 Å². The number of anilines is 1. The van der Waals surface area contributed by atoms with Gasteiger partial charge in [-0.25, -0.2) is 9.37 Å². The van der Waals surface area contributed by atoms with Gasteiger partial charge in [0.2, 0.25) is 11.9 Å². The normalized spacial score (nSPS) is 22.4. The largest absolute Gasteiger partial charge is 0.379 e. The molecule has 1 aliphatic carbocycles. The Morgan fingerprint density at radius 2 is 1.70 bits per heavy atom. The van der Waals surface area contributed by atoms with Crippen molar-refractivity contribution in [2.24, 2.45) is 5.92 Å². The Hall–Kier alpha value is -3.34. The van der Waals surface area contributed by atoms with Gasteiger partial charge in [-0.05, 0) is 67.6 Å². The highest BCUT2D eigenvalue weighted by Crippen LogP contribution is 2.38. The van der Waals surface area contributed by atoms with Crippen LogP contribution < -0.4 is 10.6 Å². The smallest absolute Gasteiger partial charge is 0.257 e. The minimum absolute atomic E-state index is 0.0401. The van der Waals surface area contributed by atoms with Crippen molar-refractivity contribution in [1.82, 2.24) is 24.7 Å². The van der Waals surface area contributed by atoms with Crippen LogP contribution in [0.3, 0.4) is 0 Å². The van der Waals surface area contributed by atoms with Crippen LogP contribution >= 0.6 is 0 Å². The van der Waals surface area contributed by atoms with Gasteiger partial charge in [0.05, 0.1) is 24.2 Å². The first-order valence-corrected chi connectivity index (χ1v) is 14.4. The fourth-order valence-electron chi connectivity index (χ4n) is 6.21. The average Bonchev–Trinajstić information content (AvgIpc) is 3.35. The summed E-state index contributed by atoms with van der Waals surface area (Å²) in [7, 11) is 0. The molecule has 2 aliphatic heterocycles. The molecule has 10 heteroatoms. The second-order valence-corrected chi connectivity index (χ2v) is 11.1. The molecule has 212 valence electrons. The molecular formula is C30H37FN6O3. The molecule has 0 atom stereocenters. The number of morpholine rings is 1. The molecule has 1 aromatic heterocycles. The molecule has 40 heavy (non-hydrogen) atoms. The Morgan fingerprint density at radius 3 is 2.42 bits per heavy atom. The summed E-state index contributed by atoms with van der Waals surface area (Å²) < 4.78 is 21.1. The summed E-state index contributed by atoms with van der Waals surface area (Å²) in [6, 6.07) is 11.9. The van der Waals surface area contributed by atoms with Crippen LogP contribution in [0, 0.1) is 11.7 Å². The van der Waals surface area contributed by atoms with Crippen molar-refractivity contribution in [1.29, 1.82) is 0 Å². The number of carbonyl (C=O) groups excluding carboxylic acids is 2. The number of piperazine rings is 1. The maximum atomic E-state index is 13.4. The van der Waals surface area contributed by atoms with Crippen molar-refractivity contribution < 1.29 is 18.7 Å². The zero-order valence-corrected chi connectivity index (χ0v) is 22.8. The van der Waals surface area contributed by atoms with Crippen molar-refractivity contribution in [3.8, 4) is 0 Å². The Kier molecular flexibility index (Phi) is 8.08. The molecule has 2 amide bonds. The number of ether oxygens (including phenoxy) is 1. The first kappa shape index (κ1) is 26.9. The molecule has 2 aromatic carbocycles. The third kappa shape index (κ3) is 5.89. The first-order chi connectivity index (χ1) is 19.5. The van der Waals surface area contributed by atoms with Crippen molar-refractivity contribution in [3.05, 3.63) is 59.4 Å². The second-order valence-electron chi connectivity index (χ2n) is 11.1. The Bertz CT molecular complexity index is 1340. The summed E-state index contributed by atoms with van der Waals surface area (Å²) in [5, 5.41) is 6.32. The predicted molar refractivity (Wildman–Crippen MR) is 151 cm³/mol. The summed E-state index contributed by atoms with van der Waals surface area (Å²) in [4.78, 5) is 35.5. The molecule has 0 radical (unpaired) electrons. The monoisotopic (exact) mass is 548 g/mol. The fraction of sp³-hybridized carbons (Fsp3) is 0.500. The lowest BCUT2D eigenvalue weighted by Gasteiger charge is -2.35. The number of hydrogen-bond donors (Lipinski definition) is 2. The molecule has 3 fully saturated rings. The third-order valence-electron chi connectivity index (χ3n) is 8.44. The highest BCUT2D eigenvalue weighted by molar-refractivity contribution is 6.04. The molecule has 3 aliphatic rings. The lowest BCUT2D eigenvalue weighted by molar-refractivity contribution is -0.137. The summed E-state index contributed by atoms with van der Waals surface area (Å²) in [6.07, 6.45) is 3.29. The standard InChI is InChI=1S/C30H37FN6O3/c31-24-6-2-22(3-7-24)28(38)34-30-33-26-10-1-21(20-35-15-17-40-18-16-35)19-27(26)37(30)25-8-4-23(5-9-25)29(39)36-13-11-32-12-14-36/h1-3,6-7,10,19,23,25,32H,4-5,8-9,11-18,20H2,(H,33,34,38). The summed E-state index contributed by atoms with van der Waals surface area (Å²) in [5.41, 5.74) is 3.36. The van der Waals surface area contributed by atoms with Crippen LogP contribution in [0.15, 0.2) is 42.5 Å². The zero-order chi connectivity index (χ0) is 27.5. The highest BCUT2D eigenvalue weighted by atomic mass is 19.1. The Morgan fingerprint density at radius 1 is 0.975 bits per heavy atom. The molecule has 3 heterocycles. The first-order valence-electron chi connectivity index (χ1n) is 14.4. The van der Waals surface area contributed by atoms with Crippen molar-refractivity contribution in [2.45, 2.75) is 38.3 Å². The van der Waals surface area contributed by atoms with E-state index >= 15 is 0 Å². The van der Waals surface area contributed by atoms with E-state index in [1.165, 1.54) is 29.8 Å². The zero-order valence-electron chi connectivity index (χ0n) is 22.8. The van der Waals surface area contributed by atoms with Gasteiger partial charge in [-0.15, -0.1) is 0 Å². The average molecular weight is 549 g/mol. The number of benzene rings is 2.